The first kappa shape index (κ1) is 14.2. The van der Waals surface area contributed by atoms with Gasteiger partial charge in [-0.25, -0.2) is 0 Å². The molecule has 0 aromatic rings. The Labute approximate surface area is 99.5 Å². The summed E-state index contributed by atoms with van der Waals surface area (Å²) in [6.07, 6.45) is 15.6. The number of rotatable bonds is 6. The van der Waals surface area contributed by atoms with Crippen LogP contribution in [0.3, 0.4) is 0 Å². The van der Waals surface area contributed by atoms with Gasteiger partial charge in [0.1, 0.15) is 0 Å². The molecule has 0 aromatic heterocycles. The van der Waals surface area contributed by atoms with Gasteiger partial charge in [0.05, 0.1) is 0 Å². The molecule has 1 heteroatoms. The molecule has 16 heavy (non-hydrogen) atoms. The van der Waals surface area contributed by atoms with Gasteiger partial charge in [0.15, 0.2) is 0 Å². The lowest BCUT2D eigenvalue weighted by atomic mass is 10.2. The molecule has 0 aliphatic rings. The summed E-state index contributed by atoms with van der Waals surface area (Å²) in [4.78, 5) is 2.10. The fourth-order valence-corrected chi connectivity index (χ4v) is 1.29. The fraction of sp³-hybridized carbons (Fsp3) is 0.200. The molecule has 86 valence electrons. The molecule has 0 aromatic carbocycles. The lowest BCUT2D eigenvalue weighted by Crippen LogP contribution is -2.14. The molecular formula is C15H21N. The molecule has 0 fully saturated rings. The Morgan fingerprint density at radius 1 is 1.00 bits per heavy atom. The highest BCUT2D eigenvalue weighted by molar-refractivity contribution is 5.30. The molecule has 1 nitrogen and oxygen atoms in total. The molecule has 0 N–H and O–H groups in total. The maximum atomic E-state index is 3.72. The maximum Gasteiger partial charge on any atom is 0.0404 e. The van der Waals surface area contributed by atoms with E-state index < -0.39 is 0 Å². The third kappa shape index (κ3) is 4.65. The average molecular weight is 215 g/mol. The van der Waals surface area contributed by atoms with Crippen LogP contribution in [0, 0.1) is 0 Å². The van der Waals surface area contributed by atoms with Gasteiger partial charge < -0.3 is 4.90 Å². The van der Waals surface area contributed by atoms with Crippen molar-refractivity contribution in [2.45, 2.75) is 13.8 Å². The van der Waals surface area contributed by atoms with Crippen LogP contribution in [0.25, 0.3) is 0 Å². The monoisotopic (exact) mass is 215 g/mol. The van der Waals surface area contributed by atoms with E-state index >= 15 is 0 Å². The Balaban J connectivity index is 5.04. The van der Waals surface area contributed by atoms with Crippen molar-refractivity contribution >= 4 is 0 Å². The van der Waals surface area contributed by atoms with Crippen LogP contribution in [0.4, 0.5) is 0 Å². The van der Waals surface area contributed by atoms with Crippen molar-refractivity contribution in [3.8, 4) is 0 Å². The van der Waals surface area contributed by atoms with E-state index in [1.165, 1.54) is 0 Å². The maximum absolute atomic E-state index is 3.72. The first-order valence-corrected chi connectivity index (χ1v) is 5.35. The number of hydrogen-bond acceptors (Lipinski definition) is 1. The highest BCUT2D eigenvalue weighted by Crippen LogP contribution is 2.13. The van der Waals surface area contributed by atoms with Crippen molar-refractivity contribution in [1.82, 2.24) is 4.90 Å². The smallest absolute Gasteiger partial charge is 0.0404 e. The van der Waals surface area contributed by atoms with Gasteiger partial charge in [0.25, 0.3) is 0 Å². The highest BCUT2D eigenvalue weighted by atomic mass is 15.1. The summed E-state index contributed by atoms with van der Waals surface area (Å²) in [6.45, 7) is 11.4. The summed E-state index contributed by atoms with van der Waals surface area (Å²) < 4.78 is 0. The SMILES string of the molecule is C=C/C=C\C(=C/C)N(C)C(/C=C\C)=C/C=C. The third-order valence-electron chi connectivity index (χ3n) is 2.10. The van der Waals surface area contributed by atoms with E-state index in [2.05, 4.69) is 24.1 Å². The first-order valence-electron chi connectivity index (χ1n) is 5.35. The van der Waals surface area contributed by atoms with E-state index in [0.29, 0.717) is 0 Å². The average Bonchev–Trinajstić information content (AvgIpc) is 2.29. The molecule has 0 radical (unpaired) electrons. The topological polar surface area (TPSA) is 3.24 Å². The van der Waals surface area contributed by atoms with Crippen molar-refractivity contribution < 1.29 is 0 Å². The number of allylic oxidation sites excluding steroid dienone is 8. The molecule has 0 aliphatic heterocycles. The molecule has 0 aliphatic carbocycles. The van der Waals surface area contributed by atoms with Gasteiger partial charge in [-0.1, -0.05) is 43.5 Å². The molecule has 0 heterocycles. The van der Waals surface area contributed by atoms with Crippen LogP contribution >= 0.6 is 0 Å². The molecule has 0 unspecified atom stereocenters. The summed E-state index contributed by atoms with van der Waals surface area (Å²) in [5, 5.41) is 0. The van der Waals surface area contributed by atoms with Crippen LogP contribution in [0.1, 0.15) is 13.8 Å². The molecule has 0 atom stereocenters. The van der Waals surface area contributed by atoms with Crippen molar-refractivity contribution in [1.29, 1.82) is 0 Å². The second-order valence-electron chi connectivity index (χ2n) is 3.19. The van der Waals surface area contributed by atoms with Crippen molar-refractivity contribution in [3.05, 3.63) is 73.2 Å². The van der Waals surface area contributed by atoms with E-state index in [0.717, 1.165) is 11.4 Å². The van der Waals surface area contributed by atoms with E-state index in [9.17, 15) is 0 Å². The van der Waals surface area contributed by atoms with E-state index in [4.69, 9.17) is 0 Å². The molecule has 0 amide bonds. The van der Waals surface area contributed by atoms with Gasteiger partial charge in [-0.15, -0.1) is 0 Å². The zero-order valence-corrected chi connectivity index (χ0v) is 10.5. The summed E-state index contributed by atoms with van der Waals surface area (Å²) in [5.74, 6) is 0. The third-order valence-corrected chi connectivity index (χ3v) is 2.10. The fourth-order valence-electron chi connectivity index (χ4n) is 1.29. The highest BCUT2D eigenvalue weighted by Gasteiger charge is 2.02. The zero-order chi connectivity index (χ0) is 12.4. The van der Waals surface area contributed by atoms with Crippen LogP contribution in [0.2, 0.25) is 0 Å². The predicted octanol–water partition coefficient (Wildman–Crippen LogP) is 4.21. The Morgan fingerprint density at radius 2 is 1.69 bits per heavy atom. The lowest BCUT2D eigenvalue weighted by Gasteiger charge is -2.21. The minimum atomic E-state index is 1.10. The van der Waals surface area contributed by atoms with Gasteiger partial charge in [-0.05, 0) is 32.1 Å². The molecule has 0 bridgehead atoms. The van der Waals surface area contributed by atoms with Crippen molar-refractivity contribution in [2.24, 2.45) is 0 Å². The van der Waals surface area contributed by atoms with Crippen molar-refractivity contribution in [2.75, 3.05) is 7.05 Å². The largest absolute Gasteiger partial charge is 0.345 e. The van der Waals surface area contributed by atoms with E-state index in [1.807, 2.05) is 51.3 Å². The molecule has 0 saturated heterocycles. The second kappa shape index (κ2) is 8.54. The molecule has 0 rings (SSSR count). The first-order chi connectivity index (χ1) is 7.71. The number of nitrogens with zero attached hydrogens (tertiary/aromatic N) is 1. The van der Waals surface area contributed by atoms with Gasteiger partial charge in [-0.2, -0.15) is 0 Å². The molecular weight excluding hydrogens is 194 g/mol. The normalized spacial score (nSPS) is 13.4. The Bertz CT molecular complexity index is 340. The quantitative estimate of drug-likeness (QED) is 0.600. The van der Waals surface area contributed by atoms with Gasteiger partial charge in [0, 0.05) is 18.4 Å². The lowest BCUT2D eigenvalue weighted by molar-refractivity contribution is 0.553. The number of likely N-dealkylation sites (N-methyl/N-ethyl adjacent to an activating group) is 1. The van der Waals surface area contributed by atoms with Gasteiger partial charge >= 0.3 is 0 Å². The standard InChI is InChI=1S/C15H21N/c1-6-10-13-14(9-4)16(5)15(11-7-2)12-8-3/h6-13H,1-2H2,3-5H3/b12-8-,13-10-,14-9+,15-11+. The summed E-state index contributed by atoms with van der Waals surface area (Å²) >= 11 is 0. The van der Waals surface area contributed by atoms with Gasteiger partial charge in [-0.3, -0.25) is 0 Å². The van der Waals surface area contributed by atoms with Gasteiger partial charge in [0.2, 0.25) is 0 Å². The zero-order valence-electron chi connectivity index (χ0n) is 10.5. The van der Waals surface area contributed by atoms with Crippen molar-refractivity contribution in [3.63, 3.8) is 0 Å². The van der Waals surface area contributed by atoms with E-state index in [1.54, 1.807) is 12.2 Å². The van der Waals surface area contributed by atoms with Crippen LogP contribution in [0.5, 0.6) is 0 Å². The minimum Gasteiger partial charge on any atom is -0.345 e. The van der Waals surface area contributed by atoms with Crippen LogP contribution in [-0.2, 0) is 0 Å². The molecule has 0 saturated carbocycles. The van der Waals surface area contributed by atoms with Crippen LogP contribution in [-0.4, -0.2) is 11.9 Å². The Kier molecular flexibility index (Phi) is 7.60. The summed E-state index contributed by atoms with van der Waals surface area (Å²) in [5.41, 5.74) is 2.21. The van der Waals surface area contributed by atoms with Crippen LogP contribution in [0.15, 0.2) is 73.2 Å². The molecule has 0 spiro atoms. The predicted molar refractivity (Wildman–Crippen MR) is 74.0 cm³/mol. The Morgan fingerprint density at radius 3 is 2.12 bits per heavy atom. The second-order valence-corrected chi connectivity index (χ2v) is 3.19. The van der Waals surface area contributed by atoms with E-state index in [-0.39, 0.29) is 0 Å². The summed E-state index contributed by atoms with van der Waals surface area (Å²) in [6, 6.07) is 0. The van der Waals surface area contributed by atoms with Crippen LogP contribution < -0.4 is 0 Å². The summed E-state index contributed by atoms with van der Waals surface area (Å²) in [7, 11) is 2.03. The number of hydrogen-bond donors (Lipinski definition) is 0. The Hall–Kier alpha value is -1.76. The minimum absolute atomic E-state index is 1.10.